The van der Waals surface area contributed by atoms with E-state index in [-0.39, 0.29) is 17.8 Å². The molecule has 5 aliphatic rings. The van der Waals surface area contributed by atoms with E-state index in [2.05, 4.69) is 65.6 Å². The van der Waals surface area contributed by atoms with Gasteiger partial charge in [0.1, 0.15) is 0 Å². The summed E-state index contributed by atoms with van der Waals surface area (Å²) < 4.78 is 0. The molecule has 0 spiro atoms. The highest BCUT2D eigenvalue weighted by Gasteiger charge is 2.61. The summed E-state index contributed by atoms with van der Waals surface area (Å²) in [4.78, 5) is 2.75. The number of benzene rings is 2. The van der Waals surface area contributed by atoms with Crippen LogP contribution in [0.25, 0.3) is 0 Å². The second kappa shape index (κ2) is 9.74. The standard InChI is InChI=1S/C31H41N.ClH/c1-4-11-28(12-5-1)31(29-13-6-2-7-14-29,15-10-18-32-16-8-3-9-17-32)30-22-25-19-26(23-30)21-27(20-25)24-30;/h1-2,4-7,11-14,25-27H,3,8-10,15-24H2;1H. The van der Waals surface area contributed by atoms with E-state index in [1.54, 1.807) is 11.1 Å². The highest BCUT2D eigenvalue weighted by Crippen LogP contribution is 2.69. The minimum Gasteiger partial charge on any atom is -0.303 e. The van der Waals surface area contributed by atoms with Gasteiger partial charge in [-0.3, -0.25) is 0 Å². The van der Waals surface area contributed by atoms with E-state index in [0.717, 1.165) is 17.8 Å². The van der Waals surface area contributed by atoms with E-state index >= 15 is 0 Å². The summed E-state index contributed by atoms with van der Waals surface area (Å²) >= 11 is 0. The third-order valence-corrected chi connectivity index (χ3v) is 9.95. The molecule has 1 saturated heterocycles. The van der Waals surface area contributed by atoms with Crippen molar-refractivity contribution in [3.63, 3.8) is 0 Å². The van der Waals surface area contributed by atoms with E-state index < -0.39 is 0 Å². The first-order valence-corrected chi connectivity index (χ1v) is 13.6. The Bertz CT molecular complexity index is 811. The number of rotatable bonds is 7. The van der Waals surface area contributed by atoms with E-state index in [1.165, 1.54) is 90.3 Å². The molecule has 7 rings (SSSR count). The van der Waals surface area contributed by atoms with Crippen LogP contribution in [0.15, 0.2) is 60.7 Å². The summed E-state index contributed by atoms with van der Waals surface area (Å²) in [6.07, 6.45) is 15.8. The molecule has 1 nitrogen and oxygen atoms in total. The van der Waals surface area contributed by atoms with Crippen molar-refractivity contribution in [1.29, 1.82) is 0 Å². The molecule has 178 valence electrons. The lowest BCUT2D eigenvalue weighted by Gasteiger charge is -2.64. The van der Waals surface area contributed by atoms with Crippen LogP contribution in [0, 0.1) is 23.2 Å². The van der Waals surface area contributed by atoms with Gasteiger partial charge >= 0.3 is 0 Å². The molecule has 33 heavy (non-hydrogen) atoms. The maximum absolute atomic E-state index is 2.75. The highest BCUT2D eigenvalue weighted by molar-refractivity contribution is 5.85. The highest BCUT2D eigenvalue weighted by atomic mass is 35.5. The van der Waals surface area contributed by atoms with Crippen LogP contribution in [0.1, 0.15) is 81.8 Å². The van der Waals surface area contributed by atoms with Crippen molar-refractivity contribution in [2.45, 2.75) is 76.0 Å². The van der Waals surface area contributed by atoms with Crippen LogP contribution in [0.2, 0.25) is 0 Å². The molecule has 2 aromatic rings. The van der Waals surface area contributed by atoms with Crippen LogP contribution in [-0.4, -0.2) is 24.5 Å². The minimum atomic E-state index is 0. The summed E-state index contributed by atoms with van der Waals surface area (Å²) in [5.74, 6) is 2.94. The number of halogens is 1. The molecule has 4 bridgehead atoms. The molecule has 4 aliphatic carbocycles. The number of hydrogen-bond acceptors (Lipinski definition) is 1. The lowest BCUT2D eigenvalue weighted by atomic mass is 9.40. The molecular formula is C31H42ClN. The summed E-state index contributed by atoms with van der Waals surface area (Å²) in [6.45, 7) is 3.93. The maximum Gasteiger partial charge on any atom is 0.0259 e. The Morgan fingerprint density at radius 3 is 1.67 bits per heavy atom. The molecule has 0 unspecified atom stereocenters. The van der Waals surface area contributed by atoms with Crippen molar-refractivity contribution in [2.75, 3.05) is 19.6 Å². The van der Waals surface area contributed by atoms with E-state index in [0.29, 0.717) is 5.41 Å². The Kier molecular flexibility index (Phi) is 6.92. The fourth-order valence-corrected chi connectivity index (χ4v) is 9.16. The molecule has 1 heterocycles. The van der Waals surface area contributed by atoms with Crippen LogP contribution in [0.5, 0.6) is 0 Å². The van der Waals surface area contributed by atoms with Gasteiger partial charge in [-0.2, -0.15) is 0 Å². The molecule has 0 radical (unpaired) electrons. The molecule has 0 aromatic heterocycles. The average Bonchev–Trinajstić information content (AvgIpc) is 2.83. The average molecular weight is 464 g/mol. The minimum absolute atomic E-state index is 0. The van der Waals surface area contributed by atoms with E-state index in [9.17, 15) is 0 Å². The van der Waals surface area contributed by atoms with Gasteiger partial charge in [0.25, 0.3) is 0 Å². The Labute approximate surface area is 207 Å². The van der Waals surface area contributed by atoms with Gasteiger partial charge in [0.15, 0.2) is 0 Å². The number of likely N-dealkylation sites (tertiary alicyclic amines) is 1. The van der Waals surface area contributed by atoms with Gasteiger partial charge in [-0.25, -0.2) is 0 Å². The zero-order valence-electron chi connectivity index (χ0n) is 20.3. The first-order valence-electron chi connectivity index (χ1n) is 13.6. The monoisotopic (exact) mass is 463 g/mol. The van der Waals surface area contributed by atoms with Crippen molar-refractivity contribution < 1.29 is 0 Å². The smallest absolute Gasteiger partial charge is 0.0259 e. The van der Waals surface area contributed by atoms with Gasteiger partial charge in [-0.05, 0) is 118 Å². The van der Waals surface area contributed by atoms with Crippen LogP contribution < -0.4 is 0 Å². The van der Waals surface area contributed by atoms with Crippen LogP contribution in [0.3, 0.4) is 0 Å². The van der Waals surface area contributed by atoms with E-state index in [4.69, 9.17) is 0 Å². The first kappa shape index (κ1) is 23.4. The van der Waals surface area contributed by atoms with Crippen molar-refractivity contribution in [3.8, 4) is 0 Å². The third-order valence-electron chi connectivity index (χ3n) is 9.95. The van der Waals surface area contributed by atoms with Gasteiger partial charge in [-0.15, -0.1) is 12.4 Å². The van der Waals surface area contributed by atoms with Crippen molar-refractivity contribution in [3.05, 3.63) is 71.8 Å². The summed E-state index contributed by atoms with van der Waals surface area (Å²) in [5, 5.41) is 0. The molecule has 0 N–H and O–H groups in total. The topological polar surface area (TPSA) is 3.24 Å². The SMILES string of the molecule is Cl.c1ccc(C(CCCN2CCCCC2)(c2ccccc2)C23CC4CC(CC(C4)C2)C3)cc1. The van der Waals surface area contributed by atoms with Gasteiger partial charge in [0.2, 0.25) is 0 Å². The second-order valence-electron chi connectivity index (χ2n) is 11.8. The van der Waals surface area contributed by atoms with Crippen LogP contribution >= 0.6 is 12.4 Å². The first-order chi connectivity index (χ1) is 15.8. The third kappa shape index (κ3) is 4.19. The lowest BCUT2D eigenvalue weighted by molar-refractivity contribution is -0.0932. The van der Waals surface area contributed by atoms with Gasteiger partial charge in [-0.1, -0.05) is 67.1 Å². The van der Waals surface area contributed by atoms with Crippen LogP contribution in [0.4, 0.5) is 0 Å². The summed E-state index contributed by atoms with van der Waals surface area (Å²) in [6, 6.07) is 23.6. The molecule has 0 amide bonds. The Balaban J connectivity index is 0.00000228. The van der Waals surface area contributed by atoms with Crippen molar-refractivity contribution >= 4 is 12.4 Å². The van der Waals surface area contributed by atoms with Crippen LogP contribution in [-0.2, 0) is 5.41 Å². The predicted octanol–water partition coefficient (Wildman–Crippen LogP) is 7.88. The summed E-state index contributed by atoms with van der Waals surface area (Å²) in [5.41, 5.74) is 3.83. The molecule has 1 aliphatic heterocycles. The van der Waals surface area contributed by atoms with Gasteiger partial charge < -0.3 is 4.90 Å². The van der Waals surface area contributed by atoms with E-state index in [1.807, 2.05) is 0 Å². The molecule has 2 aromatic carbocycles. The normalized spacial score (nSPS) is 31.3. The number of nitrogens with zero attached hydrogens (tertiary/aromatic N) is 1. The van der Waals surface area contributed by atoms with Gasteiger partial charge in [0, 0.05) is 5.41 Å². The zero-order chi connectivity index (χ0) is 21.4. The quantitative estimate of drug-likeness (QED) is 0.403. The molecule has 5 fully saturated rings. The molecule has 4 saturated carbocycles. The van der Waals surface area contributed by atoms with Crippen molar-refractivity contribution in [1.82, 2.24) is 4.90 Å². The van der Waals surface area contributed by atoms with Gasteiger partial charge in [0.05, 0.1) is 0 Å². The number of hydrogen-bond donors (Lipinski definition) is 0. The summed E-state index contributed by atoms with van der Waals surface area (Å²) in [7, 11) is 0. The molecule has 0 atom stereocenters. The maximum atomic E-state index is 2.75. The lowest BCUT2D eigenvalue weighted by Crippen LogP contribution is -2.57. The molecular weight excluding hydrogens is 422 g/mol. The number of piperidine rings is 1. The Morgan fingerprint density at radius 2 is 1.18 bits per heavy atom. The van der Waals surface area contributed by atoms with Crippen molar-refractivity contribution in [2.24, 2.45) is 23.2 Å². The zero-order valence-corrected chi connectivity index (χ0v) is 21.1. The Morgan fingerprint density at radius 1 is 0.697 bits per heavy atom. The molecule has 2 heteroatoms. The Hall–Kier alpha value is -1.31. The largest absolute Gasteiger partial charge is 0.303 e. The second-order valence-corrected chi connectivity index (χ2v) is 11.8. The fraction of sp³-hybridized carbons (Fsp3) is 0.613. The predicted molar refractivity (Wildman–Crippen MR) is 141 cm³/mol. The fourth-order valence-electron chi connectivity index (χ4n) is 9.16.